The molecule has 1 fully saturated rings. The van der Waals surface area contributed by atoms with E-state index in [9.17, 15) is 4.79 Å². The average molecular weight is 371 g/mol. The molecule has 1 amide bonds. The first-order chi connectivity index (χ1) is 11.5. The van der Waals surface area contributed by atoms with E-state index in [0.717, 1.165) is 6.54 Å². The van der Waals surface area contributed by atoms with E-state index < -0.39 is 0 Å². The van der Waals surface area contributed by atoms with Crippen molar-refractivity contribution in [2.45, 2.75) is 46.6 Å². The highest BCUT2D eigenvalue weighted by atomic mass is 35.5. The number of benzene rings is 1. The van der Waals surface area contributed by atoms with Crippen molar-refractivity contribution < 1.29 is 14.3 Å². The molecule has 0 aliphatic carbocycles. The second kappa shape index (κ2) is 9.88. The number of piperidine rings is 1. The second-order valence-corrected chi connectivity index (χ2v) is 6.84. The van der Waals surface area contributed by atoms with Gasteiger partial charge in [-0.3, -0.25) is 4.79 Å². The number of amides is 1. The molecule has 0 spiro atoms. The molecule has 1 aliphatic heterocycles. The minimum atomic E-state index is -0.0813. The van der Waals surface area contributed by atoms with Crippen LogP contribution in [0.2, 0.25) is 0 Å². The Morgan fingerprint density at radius 2 is 1.92 bits per heavy atom. The van der Waals surface area contributed by atoms with Gasteiger partial charge in [-0.15, -0.1) is 12.4 Å². The maximum atomic E-state index is 12.5. The van der Waals surface area contributed by atoms with Crippen LogP contribution in [0, 0.1) is 5.41 Å². The zero-order valence-corrected chi connectivity index (χ0v) is 16.5. The van der Waals surface area contributed by atoms with Gasteiger partial charge in [0.1, 0.15) is 0 Å². The van der Waals surface area contributed by atoms with Crippen molar-refractivity contribution in [3.8, 4) is 11.5 Å². The lowest BCUT2D eigenvalue weighted by Gasteiger charge is -2.39. The zero-order valence-electron chi connectivity index (χ0n) is 15.7. The topological polar surface area (TPSA) is 59.6 Å². The van der Waals surface area contributed by atoms with Crippen LogP contribution < -0.4 is 20.1 Å². The number of ether oxygens (including phenoxy) is 2. The number of rotatable bonds is 7. The van der Waals surface area contributed by atoms with Crippen LogP contribution in [0.15, 0.2) is 18.2 Å². The Bertz CT molecular complexity index is 564. The van der Waals surface area contributed by atoms with E-state index in [4.69, 9.17) is 9.47 Å². The molecule has 5 nitrogen and oxygen atoms in total. The van der Waals surface area contributed by atoms with Gasteiger partial charge in [0, 0.05) is 18.2 Å². The van der Waals surface area contributed by atoms with Gasteiger partial charge in [-0.2, -0.15) is 0 Å². The molecule has 1 aliphatic rings. The van der Waals surface area contributed by atoms with Crippen molar-refractivity contribution in [2.75, 3.05) is 26.3 Å². The normalized spacial score (nSPS) is 18.8. The van der Waals surface area contributed by atoms with Crippen molar-refractivity contribution in [3.05, 3.63) is 23.8 Å². The summed E-state index contributed by atoms with van der Waals surface area (Å²) >= 11 is 0. The molecule has 0 aromatic heterocycles. The maximum absolute atomic E-state index is 12.5. The van der Waals surface area contributed by atoms with E-state index in [1.165, 1.54) is 12.8 Å². The monoisotopic (exact) mass is 370 g/mol. The van der Waals surface area contributed by atoms with Crippen LogP contribution in [0.5, 0.6) is 11.5 Å². The molecule has 0 radical (unpaired) electrons. The van der Waals surface area contributed by atoms with E-state index in [2.05, 4.69) is 24.5 Å². The van der Waals surface area contributed by atoms with Crippen LogP contribution in [0.4, 0.5) is 0 Å². The summed E-state index contributed by atoms with van der Waals surface area (Å²) in [6.45, 7) is 11.1. The number of hydrogen-bond acceptors (Lipinski definition) is 4. The molecule has 1 aromatic carbocycles. The molecule has 25 heavy (non-hydrogen) atoms. The van der Waals surface area contributed by atoms with E-state index >= 15 is 0 Å². The molecule has 0 saturated carbocycles. The fraction of sp³-hybridized carbons (Fsp3) is 0.632. The van der Waals surface area contributed by atoms with E-state index in [-0.39, 0.29) is 23.7 Å². The largest absolute Gasteiger partial charge is 0.490 e. The maximum Gasteiger partial charge on any atom is 0.251 e. The standard InChI is InChI=1S/C19H30N2O3.ClH/c1-5-23-15-9-8-14(12-16(15)24-6-2)18(22)21-13-17-19(3,4)10-7-11-20-17;/h8-9,12,17,20H,5-7,10-11,13H2,1-4H3,(H,21,22);1H. The van der Waals surface area contributed by atoms with Gasteiger partial charge in [-0.05, 0) is 56.8 Å². The van der Waals surface area contributed by atoms with E-state index in [1.807, 2.05) is 13.8 Å². The quantitative estimate of drug-likeness (QED) is 0.772. The molecule has 2 N–H and O–H groups in total. The Morgan fingerprint density at radius 1 is 1.24 bits per heavy atom. The predicted molar refractivity (Wildman–Crippen MR) is 103 cm³/mol. The molecule has 1 saturated heterocycles. The highest BCUT2D eigenvalue weighted by molar-refractivity contribution is 5.94. The number of hydrogen-bond donors (Lipinski definition) is 2. The van der Waals surface area contributed by atoms with Crippen LogP contribution in [0.1, 0.15) is 50.9 Å². The Labute approximate surface area is 157 Å². The Kier molecular flexibility index (Phi) is 8.53. The SMILES string of the molecule is CCOc1ccc(C(=O)NCC2NCCCC2(C)C)cc1OCC.Cl. The molecule has 1 atom stereocenters. The van der Waals surface area contributed by atoms with Crippen molar-refractivity contribution >= 4 is 18.3 Å². The molecule has 2 rings (SSSR count). The third kappa shape index (κ3) is 5.79. The summed E-state index contributed by atoms with van der Waals surface area (Å²) in [7, 11) is 0. The Hall–Kier alpha value is -1.46. The van der Waals surface area contributed by atoms with Crippen LogP contribution >= 0.6 is 12.4 Å². The van der Waals surface area contributed by atoms with Gasteiger partial charge in [0.15, 0.2) is 11.5 Å². The van der Waals surface area contributed by atoms with Crippen LogP contribution in [0.3, 0.4) is 0 Å². The summed E-state index contributed by atoms with van der Waals surface area (Å²) in [5, 5.41) is 6.56. The smallest absolute Gasteiger partial charge is 0.251 e. The van der Waals surface area contributed by atoms with Crippen LogP contribution in [0.25, 0.3) is 0 Å². The zero-order chi connectivity index (χ0) is 17.6. The van der Waals surface area contributed by atoms with Crippen molar-refractivity contribution in [2.24, 2.45) is 5.41 Å². The third-order valence-corrected chi connectivity index (χ3v) is 4.60. The molecular formula is C19H31ClN2O3. The summed E-state index contributed by atoms with van der Waals surface area (Å²) in [4.78, 5) is 12.5. The van der Waals surface area contributed by atoms with E-state index in [0.29, 0.717) is 42.9 Å². The number of carbonyl (C=O) groups is 1. The minimum Gasteiger partial charge on any atom is -0.490 e. The van der Waals surface area contributed by atoms with Gasteiger partial charge in [-0.1, -0.05) is 13.8 Å². The first-order valence-corrected chi connectivity index (χ1v) is 8.89. The molecular weight excluding hydrogens is 340 g/mol. The van der Waals surface area contributed by atoms with Crippen molar-refractivity contribution in [1.29, 1.82) is 0 Å². The number of carbonyl (C=O) groups excluding carboxylic acids is 1. The molecule has 1 aromatic rings. The lowest BCUT2D eigenvalue weighted by Crippen LogP contribution is -2.52. The molecule has 6 heteroatoms. The second-order valence-electron chi connectivity index (χ2n) is 6.84. The number of nitrogens with one attached hydrogen (secondary N) is 2. The molecule has 1 unspecified atom stereocenters. The number of halogens is 1. The Morgan fingerprint density at radius 3 is 2.56 bits per heavy atom. The van der Waals surface area contributed by atoms with Crippen LogP contribution in [-0.2, 0) is 0 Å². The Balaban J connectivity index is 0.00000312. The van der Waals surface area contributed by atoms with Gasteiger partial charge in [0.05, 0.1) is 13.2 Å². The summed E-state index contributed by atoms with van der Waals surface area (Å²) < 4.78 is 11.1. The minimum absolute atomic E-state index is 0. The first-order valence-electron chi connectivity index (χ1n) is 8.89. The molecule has 1 heterocycles. The first kappa shape index (κ1) is 21.6. The van der Waals surface area contributed by atoms with Crippen LogP contribution in [-0.4, -0.2) is 38.3 Å². The predicted octanol–water partition coefficient (Wildman–Crippen LogP) is 3.41. The highest BCUT2D eigenvalue weighted by Gasteiger charge is 2.32. The fourth-order valence-electron chi connectivity index (χ4n) is 3.11. The van der Waals surface area contributed by atoms with Gasteiger partial charge in [-0.25, -0.2) is 0 Å². The fourth-order valence-corrected chi connectivity index (χ4v) is 3.11. The lowest BCUT2D eigenvalue weighted by atomic mass is 9.77. The average Bonchev–Trinajstić information content (AvgIpc) is 2.55. The summed E-state index contributed by atoms with van der Waals surface area (Å²) in [5.74, 6) is 1.20. The van der Waals surface area contributed by atoms with Gasteiger partial charge >= 0.3 is 0 Å². The van der Waals surface area contributed by atoms with E-state index in [1.54, 1.807) is 18.2 Å². The molecule has 0 bridgehead atoms. The molecule has 142 valence electrons. The summed E-state index contributed by atoms with van der Waals surface area (Å²) in [6.07, 6.45) is 2.37. The van der Waals surface area contributed by atoms with Crippen molar-refractivity contribution in [1.82, 2.24) is 10.6 Å². The van der Waals surface area contributed by atoms with Crippen molar-refractivity contribution in [3.63, 3.8) is 0 Å². The van der Waals surface area contributed by atoms with Gasteiger partial charge in [0.25, 0.3) is 5.91 Å². The lowest BCUT2D eigenvalue weighted by molar-refractivity contribution is 0.0928. The summed E-state index contributed by atoms with van der Waals surface area (Å²) in [5.41, 5.74) is 0.788. The summed E-state index contributed by atoms with van der Waals surface area (Å²) in [6, 6.07) is 5.63. The third-order valence-electron chi connectivity index (χ3n) is 4.60. The van der Waals surface area contributed by atoms with Gasteiger partial charge < -0.3 is 20.1 Å². The van der Waals surface area contributed by atoms with Gasteiger partial charge in [0.2, 0.25) is 0 Å². The highest BCUT2D eigenvalue weighted by Crippen LogP contribution is 2.30.